The summed E-state index contributed by atoms with van der Waals surface area (Å²) in [5.41, 5.74) is 3.79. The van der Waals surface area contributed by atoms with Crippen LogP contribution < -0.4 is 10.6 Å². The molecule has 1 aliphatic heterocycles. The zero-order valence-corrected chi connectivity index (χ0v) is 19.1. The van der Waals surface area contributed by atoms with Gasteiger partial charge in [-0.2, -0.15) is 0 Å². The largest absolute Gasteiger partial charge is 0.451 e. The van der Waals surface area contributed by atoms with Crippen LogP contribution in [0.1, 0.15) is 34.5 Å². The van der Waals surface area contributed by atoms with E-state index in [-0.39, 0.29) is 29.9 Å². The molecule has 2 heterocycles. The predicted octanol–water partition coefficient (Wildman–Crippen LogP) is 4.99. The highest BCUT2D eigenvalue weighted by molar-refractivity contribution is 6.04. The molecule has 2 N–H and O–H groups in total. The van der Waals surface area contributed by atoms with Crippen LogP contribution in [0.15, 0.2) is 83.3 Å². The normalized spacial score (nSPS) is 13.3. The van der Waals surface area contributed by atoms with Crippen molar-refractivity contribution < 1.29 is 18.8 Å². The fraction of sp³-hybridized carbons (Fsp3) is 0.179. The van der Waals surface area contributed by atoms with Gasteiger partial charge in [-0.25, -0.2) is 0 Å². The Hall–Kier alpha value is -4.39. The lowest BCUT2D eigenvalue weighted by atomic mass is 10.1. The molecule has 0 spiro atoms. The first kappa shape index (κ1) is 22.4. The van der Waals surface area contributed by atoms with Gasteiger partial charge in [-0.1, -0.05) is 42.5 Å². The molecule has 1 aromatic heterocycles. The first-order chi connectivity index (χ1) is 17.0. The van der Waals surface area contributed by atoms with E-state index < -0.39 is 0 Å². The molecule has 0 unspecified atom stereocenters. The van der Waals surface area contributed by atoms with E-state index in [1.54, 1.807) is 18.2 Å². The maximum atomic E-state index is 12.6. The first-order valence-electron chi connectivity index (χ1n) is 11.6. The fourth-order valence-electron chi connectivity index (χ4n) is 4.22. The van der Waals surface area contributed by atoms with Gasteiger partial charge in [-0.05, 0) is 53.9 Å². The number of hydrogen-bond donors (Lipinski definition) is 2. The monoisotopic (exact) mass is 467 g/mol. The van der Waals surface area contributed by atoms with E-state index in [1.165, 1.54) is 0 Å². The smallest absolute Gasteiger partial charge is 0.291 e. The van der Waals surface area contributed by atoms with E-state index in [4.69, 9.17) is 4.42 Å². The topological polar surface area (TPSA) is 91.7 Å². The third kappa shape index (κ3) is 5.41. The van der Waals surface area contributed by atoms with Crippen LogP contribution in [0.25, 0.3) is 11.0 Å². The van der Waals surface area contributed by atoms with E-state index in [9.17, 15) is 14.4 Å². The maximum absolute atomic E-state index is 12.6. The summed E-state index contributed by atoms with van der Waals surface area (Å²) in [6.45, 7) is 1.34. The lowest BCUT2D eigenvalue weighted by molar-refractivity contribution is -0.128. The summed E-state index contributed by atoms with van der Waals surface area (Å²) in [6.07, 6.45) is 1.71. The Bertz CT molecular complexity index is 1360. The molecule has 3 aromatic carbocycles. The van der Waals surface area contributed by atoms with E-state index >= 15 is 0 Å². The van der Waals surface area contributed by atoms with Crippen molar-refractivity contribution in [1.29, 1.82) is 0 Å². The first-order valence-corrected chi connectivity index (χ1v) is 11.6. The lowest BCUT2D eigenvalue weighted by Gasteiger charge is -2.16. The second-order valence-corrected chi connectivity index (χ2v) is 8.64. The molecule has 7 heteroatoms. The Labute approximate surface area is 202 Å². The van der Waals surface area contributed by atoms with Gasteiger partial charge < -0.3 is 20.0 Å². The SMILES string of the molecule is O=C(Cc1ccc(NC(=O)c2cc3ccccc3o2)cc1)Nc1cccc(CN2CCCC2=O)c1. The van der Waals surface area contributed by atoms with Gasteiger partial charge in [-0.15, -0.1) is 0 Å². The van der Waals surface area contributed by atoms with E-state index in [0.29, 0.717) is 29.9 Å². The third-order valence-corrected chi connectivity index (χ3v) is 5.98. The highest BCUT2D eigenvalue weighted by Crippen LogP contribution is 2.21. The van der Waals surface area contributed by atoms with Crippen molar-refractivity contribution >= 4 is 40.1 Å². The molecule has 3 amide bonds. The van der Waals surface area contributed by atoms with E-state index in [2.05, 4.69) is 10.6 Å². The number of furan rings is 1. The average molecular weight is 468 g/mol. The van der Waals surface area contributed by atoms with Crippen molar-refractivity contribution in [3.05, 3.63) is 95.7 Å². The van der Waals surface area contributed by atoms with Gasteiger partial charge in [-0.3, -0.25) is 14.4 Å². The van der Waals surface area contributed by atoms with Crippen LogP contribution in [-0.2, 0) is 22.6 Å². The van der Waals surface area contributed by atoms with Crippen molar-refractivity contribution in [2.45, 2.75) is 25.8 Å². The molecule has 35 heavy (non-hydrogen) atoms. The Morgan fingerprint density at radius 1 is 0.857 bits per heavy atom. The van der Waals surface area contributed by atoms with E-state index in [1.807, 2.05) is 65.6 Å². The second kappa shape index (κ2) is 9.85. The van der Waals surface area contributed by atoms with Crippen LogP contribution in [-0.4, -0.2) is 29.2 Å². The molecule has 0 aliphatic carbocycles. The van der Waals surface area contributed by atoms with Gasteiger partial charge in [0.15, 0.2) is 5.76 Å². The summed E-state index contributed by atoms with van der Waals surface area (Å²) in [6, 6.07) is 23.9. The molecular weight excluding hydrogens is 442 g/mol. The number of anilines is 2. The van der Waals surface area contributed by atoms with Gasteiger partial charge in [0, 0.05) is 36.3 Å². The third-order valence-electron chi connectivity index (χ3n) is 5.98. The van der Waals surface area contributed by atoms with Gasteiger partial charge in [0.05, 0.1) is 6.42 Å². The van der Waals surface area contributed by atoms with Crippen LogP contribution in [0.4, 0.5) is 11.4 Å². The number of carbonyl (C=O) groups is 3. The number of para-hydroxylation sites is 1. The van der Waals surface area contributed by atoms with Crippen molar-refractivity contribution in [2.75, 3.05) is 17.2 Å². The van der Waals surface area contributed by atoms with Crippen LogP contribution in [0, 0.1) is 0 Å². The van der Waals surface area contributed by atoms with Gasteiger partial charge in [0.25, 0.3) is 5.91 Å². The molecule has 0 radical (unpaired) electrons. The number of rotatable bonds is 7. The molecule has 4 aromatic rings. The Kier molecular flexibility index (Phi) is 6.30. The number of benzene rings is 3. The average Bonchev–Trinajstić information content (AvgIpc) is 3.47. The van der Waals surface area contributed by atoms with Crippen LogP contribution >= 0.6 is 0 Å². The zero-order valence-electron chi connectivity index (χ0n) is 19.1. The summed E-state index contributed by atoms with van der Waals surface area (Å²) < 4.78 is 5.60. The molecule has 5 rings (SSSR count). The molecular formula is C28H25N3O4. The fourth-order valence-corrected chi connectivity index (χ4v) is 4.22. The minimum atomic E-state index is -0.331. The van der Waals surface area contributed by atoms with Crippen molar-refractivity contribution in [2.24, 2.45) is 0 Å². The Morgan fingerprint density at radius 3 is 2.46 bits per heavy atom. The highest BCUT2D eigenvalue weighted by Gasteiger charge is 2.20. The standard InChI is InChI=1S/C28H25N3O4/c32-26(29-23-7-3-5-20(15-23)18-31-14-4-9-27(31)33)16-19-10-12-22(13-11-19)30-28(34)25-17-21-6-1-2-8-24(21)35-25/h1-3,5-8,10-13,15,17H,4,9,14,16,18H2,(H,29,32)(H,30,34). The summed E-state index contributed by atoms with van der Waals surface area (Å²) in [5.74, 6) is -0.0525. The number of fused-ring (bicyclic) bond motifs is 1. The summed E-state index contributed by atoms with van der Waals surface area (Å²) in [4.78, 5) is 38.8. The van der Waals surface area contributed by atoms with Crippen LogP contribution in [0.3, 0.4) is 0 Å². The molecule has 7 nitrogen and oxygen atoms in total. The zero-order chi connectivity index (χ0) is 24.2. The number of nitrogens with one attached hydrogen (secondary N) is 2. The van der Waals surface area contributed by atoms with E-state index in [0.717, 1.165) is 29.5 Å². The van der Waals surface area contributed by atoms with Crippen LogP contribution in [0.2, 0.25) is 0 Å². The maximum Gasteiger partial charge on any atom is 0.291 e. The summed E-state index contributed by atoms with van der Waals surface area (Å²) >= 11 is 0. The second-order valence-electron chi connectivity index (χ2n) is 8.64. The van der Waals surface area contributed by atoms with Crippen molar-refractivity contribution in [1.82, 2.24) is 4.90 Å². The molecule has 0 atom stereocenters. The lowest BCUT2D eigenvalue weighted by Crippen LogP contribution is -2.23. The van der Waals surface area contributed by atoms with Gasteiger partial charge in [0.2, 0.25) is 11.8 Å². The predicted molar refractivity (Wildman–Crippen MR) is 134 cm³/mol. The molecule has 1 aliphatic rings. The quantitative estimate of drug-likeness (QED) is 0.401. The molecule has 1 fully saturated rings. The van der Waals surface area contributed by atoms with Crippen molar-refractivity contribution in [3.8, 4) is 0 Å². The van der Waals surface area contributed by atoms with Gasteiger partial charge in [0.1, 0.15) is 5.58 Å². The molecule has 1 saturated heterocycles. The molecule has 0 saturated carbocycles. The summed E-state index contributed by atoms with van der Waals surface area (Å²) in [7, 11) is 0. The minimum absolute atomic E-state index is 0.140. The Morgan fingerprint density at radius 2 is 1.69 bits per heavy atom. The summed E-state index contributed by atoms with van der Waals surface area (Å²) in [5, 5.41) is 6.61. The number of amides is 3. The number of likely N-dealkylation sites (tertiary alicyclic amines) is 1. The van der Waals surface area contributed by atoms with Crippen LogP contribution in [0.5, 0.6) is 0 Å². The number of hydrogen-bond acceptors (Lipinski definition) is 4. The molecule has 0 bridgehead atoms. The van der Waals surface area contributed by atoms with Gasteiger partial charge >= 0.3 is 0 Å². The minimum Gasteiger partial charge on any atom is -0.451 e. The number of nitrogens with zero attached hydrogens (tertiary/aromatic N) is 1. The Balaban J connectivity index is 1.16. The highest BCUT2D eigenvalue weighted by atomic mass is 16.3. The number of carbonyl (C=O) groups excluding carboxylic acids is 3. The molecule has 176 valence electrons. The van der Waals surface area contributed by atoms with Crippen molar-refractivity contribution in [3.63, 3.8) is 0 Å².